The lowest BCUT2D eigenvalue weighted by Crippen LogP contribution is -2.33. The zero-order valence-electron chi connectivity index (χ0n) is 38.3. The van der Waals surface area contributed by atoms with Crippen LogP contribution in [0.15, 0.2) is 65.6 Å². The third-order valence-corrected chi connectivity index (χ3v) is 13.7. The lowest BCUT2D eigenvalue weighted by atomic mass is 10.0. The highest BCUT2D eigenvalue weighted by molar-refractivity contribution is 7.92. The van der Waals surface area contributed by atoms with Crippen molar-refractivity contribution in [3.63, 3.8) is 0 Å². The average molecular weight is 847 g/mol. The van der Waals surface area contributed by atoms with Crippen LogP contribution >= 0.6 is 0 Å². The SMILES string of the molecule is CCCCCCCCCCCCCCCCCCN(CCCCCCCCCCCCCCCCCC)C(=O)c1cccc(S(=O)(=O)Nc2cccc3cc(O)ccc23)c1. The van der Waals surface area contributed by atoms with Gasteiger partial charge < -0.3 is 10.0 Å². The van der Waals surface area contributed by atoms with E-state index < -0.39 is 10.0 Å². The number of amides is 1. The minimum atomic E-state index is -3.97. The summed E-state index contributed by atoms with van der Waals surface area (Å²) in [6.07, 6.45) is 42.1. The molecule has 0 bridgehead atoms. The maximum atomic E-state index is 14.1. The number of aromatic hydroxyl groups is 1. The number of carbonyl (C=O) groups excluding carboxylic acids is 1. The molecule has 0 atom stereocenters. The van der Waals surface area contributed by atoms with Gasteiger partial charge in [0.05, 0.1) is 10.6 Å². The van der Waals surface area contributed by atoms with Crippen molar-refractivity contribution in [3.8, 4) is 5.75 Å². The largest absolute Gasteiger partial charge is 0.508 e. The van der Waals surface area contributed by atoms with Gasteiger partial charge in [0.25, 0.3) is 15.9 Å². The van der Waals surface area contributed by atoms with E-state index in [1.54, 1.807) is 48.5 Å². The number of benzene rings is 3. The number of fused-ring (bicyclic) bond motifs is 1. The van der Waals surface area contributed by atoms with Gasteiger partial charge in [0.2, 0.25) is 0 Å². The molecule has 2 N–H and O–H groups in total. The maximum Gasteiger partial charge on any atom is 0.261 e. The number of anilines is 1. The van der Waals surface area contributed by atoms with E-state index in [1.165, 1.54) is 186 Å². The number of sulfonamides is 1. The molecule has 0 radical (unpaired) electrons. The van der Waals surface area contributed by atoms with Crippen LogP contribution in [0, 0.1) is 0 Å². The highest BCUT2D eigenvalue weighted by atomic mass is 32.2. The maximum absolute atomic E-state index is 14.1. The Labute approximate surface area is 368 Å². The van der Waals surface area contributed by atoms with Gasteiger partial charge in [-0.1, -0.05) is 225 Å². The third-order valence-electron chi connectivity index (χ3n) is 12.3. The fourth-order valence-corrected chi connectivity index (χ4v) is 9.68. The van der Waals surface area contributed by atoms with Gasteiger partial charge in [-0.05, 0) is 60.7 Å². The predicted molar refractivity (Wildman–Crippen MR) is 258 cm³/mol. The second kappa shape index (κ2) is 32.6. The van der Waals surface area contributed by atoms with Crippen molar-refractivity contribution < 1.29 is 18.3 Å². The third kappa shape index (κ3) is 22.2. The minimum absolute atomic E-state index is 0.0638. The molecule has 0 aliphatic carbocycles. The van der Waals surface area contributed by atoms with Gasteiger partial charge in [-0.3, -0.25) is 9.52 Å². The number of carbonyl (C=O) groups is 1. The highest BCUT2D eigenvalue weighted by Gasteiger charge is 2.21. The van der Waals surface area contributed by atoms with E-state index in [0.717, 1.165) is 31.1 Å². The van der Waals surface area contributed by atoms with E-state index in [1.807, 2.05) is 11.0 Å². The summed E-state index contributed by atoms with van der Waals surface area (Å²) in [5, 5.41) is 11.3. The van der Waals surface area contributed by atoms with Gasteiger partial charge in [-0.15, -0.1) is 0 Å². The van der Waals surface area contributed by atoms with E-state index in [0.29, 0.717) is 29.7 Å². The number of hydrogen-bond donors (Lipinski definition) is 2. The van der Waals surface area contributed by atoms with Crippen molar-refractivity contribution in [2.24, 2.45) is 0 Å². The molecule has 3 rings (SSSR count). The van der Waals surface area contributed by atoms with Crippen molar-refractivity contribution in [2.75, 3.05) is 17.8 Å². The van der Waals surface area contributed by atoms with Crippen LogP contribution in [0.3, 0.4) is 0 Å². The predicted octanol–water partition coefficient (Wildman–Crippen LogP) is 16.3. The summed E-state index contributed by atoms with van der Waals surface area (Å²) in [4.78, 5) is 16.1. The Bertz CT molecular complexity index is 1620. The molecule has 3 aromatic carbocycles. The molecule has 1 amide bonds. The molecule has 0 saturated carbocycles. The summed E-state index contributed by atoms with van der Waals surface area (Å²) in [5.74, 6) is 0.0343. The van der Waals surface area contributed by atoms with Gasteiger partial charge in [-0.25, -0.2) is 8.42 Å². The molecule has 0 heterocycles. The summed E-state index contributed by atoms with van der Waals surface area (Å²) < 4.78 is 30.0. The quantitative estimate of drug-likeness (QED) is 0.0563. The summed E-state index contributed by atoms with van der Waals surface area (Å²) in [6.45, 7) is 5.97. The van der Waals surface area contributed by atoms with Crippen LogP contribution in [0.5, 0.6) is 5.75 Å². The first-order chi connectivity index (χ1) is 29.4. The summed E-state index contributed by atoms with van der Waals surface area (Å²) in [5.41, 5.74) is 0.839. The standard InChI is InChI=1S/C53H86N2O4S/c1-3-5-7-9-11-13-15-17-19-21-23-25-27-29-31-33-43-55(44-34-32-30-28-26-24-22-20-18-16-14-12-10-8-6-4-2)53(57)48-38-35-39-50(46-48)60(58,59)54-52-40-36-37-47-45-49(56)41-42-51(47)52/h35-42,45-46,54,56H,3-34,43-44H2,1-2H3. The Balaban J connectivity index is 1.43. The van der Waals surface area contributed by atoms with Crippen molar-refractivity contribution in [2.45, 2.75) is 224 Å². The van der Waals surface area contributed by atoms with Gasteiger partial charge in [-0.2, -0.15) is 0 Å². The molecule has 0 spiro atoms. The fourth-order valence-electron chi connectivity index (χ4n) is 8.56. The van der Waals surface area contributed by atoms with E-state index >= 15 is 0 Å². The molecule has 0 unspecified atom stereocenters. The number of unbranched alkanes of at least 4 members (excludes halogenated alkanes) is 30. The molecule has 60 heavy (non-hydrogen) atoms. The van der Waals surface area contributed by atoms with Crippen molar-refractivity contribution in [1.82, 2.24) is 4.90 Å². The Morgan fingerprint density at radius 3 is 1.33 bits per heavy atom. The van der Waals surface area contributed by atoms with E-state index in [-0.39, 0.29) is 16.6 Å². The van der Waals surface area contributed by atoms with E-state index in [4.69, 9.17) is 0 Å². The highest BCUT2D eigenvalue weighted by Crippen LogP contribution is 2.29. The second-order valence-corrected chi connectivity index (χ2v) is 19.4. The first-order valence-corrected chi connectivity index (χ1v) is 26.5. The van der Waals surface area contributed by atoms with E-state index in [2.05, 4.69) is 18.6 Å². The van der Waals surface area contributed by atoms with Crippen LogP contribution in [0.1, 0.15) is 230 Å². The molecule has 0 saturated heterocycles. The Morgan fingerprint density at radius 2 is 0.900 bits per heavy atom. The van der Waals surface area contributed by atoms with Crippen LogP contribution in [0.25, 0.3) is 10.8 Å². The number of nitrogens with zero attached hydrogens (tertiary/aromatic N) is 1. The fraction of sp³-hybridized carbons (Fsp3) is 0.679. The molecular formula is C53H86N2O4S. The van der Waals surface area contributed by atoms with Gasteiger partial charge in [0.1, 0.15) is 5.75 Å². The average Bonchev–Trinajstić information content (AvgIpc) is 3.25. The molecule has 338 valence electrons. The molecule has 7 heteroatoms. The number of nitrogens with one attached hydrogen (secondary N) is 1. The zero-order chi connectivity index (χ0) is 42.9. The van der Waals surface area contributed by atoms with Gasteiger partial charge in [0, 0.05) is 24.0 Å². The molecule has 6 nitrogen and oxygen atoms in total. The van der Waals surface area contributed by atoms with Crippen LogP contribution in [0.2, 0.25) is 0 Å². The van der Waals surface area contributed by atoms with Crippen molar-refractivity contribution in [1.29, 1.82) is 0 Å². The van der Waals surface area contributed by atoms with Crippen LogP contribution < -0.4 is 4.72 Å². The zero-order valence-corrected chi connectivity index (χ0v) is 39.2. The Hall–Kier alpha value is -3.06. The lowest BCUT2D eigenvalue weighted by Gasteiger charge is -2.23. The second-order valence-electron chi connectivity index (χ2n) is 17.7. The number of hydrogen-bond acceptors (Lipinski definition) is 4. The molecule has 0 fully saturated rings. The molecular weight excluding hydrogens is 761 g/mol. The van der Waals surface area contributed by atoms with Gasteiger partial charge in [0.15, 0.2) is 0 Å². The summed E-state index contributed by atoms with van der Waals surface area (Å²) >= 11 is 0. The number of rotatable bonds is 38. The van der Waals surface area contributed by atoms with Crippen molar-refractivity contribution in [3.05, 3.63) is 66.2 Å². The Morgan fingerprint density at radius 1 is 0.500 bits per heavy atom. The van der Waals surface area contributed by atoms with Gasteiger partial charge >= 0.3 is 0 Å². The number of phenols is 1. The topological polar surface area (TPSA) is 86.7 Å². The Kier molecular flexibility index (Phi) is 27.9. The van der Waals surface area contributed by atoms with Crippen LogP contribution in [-0.2, 0) is 10.0 Å². The van der Waals surface area contributed by atoms with Crippen LogP contribution in [-0.4, -0.2) is 37.4 Å². The minimum Gasteiger partial charge on any atom is -0.508 e. The molecule has 0 aromatic heterocycles. The monoisotopic (exact) mass is 847 g/mol. The summed E-state index contributed by atoms with van der Waals surface area (Å²) in [6, 6.07) is 16.7. The molecule has 0 aliphatic heterocycles. The summed E-state index contributed by atoms with van der Waals surface area (Å²) in [7, 11) is -3.97. The van der Waals surface area contributed by atoms with Crippen molar-refractivity contribution >= 4 is 32.4 Å². The smallest absolute Gasteiger partial charge is 0.261 e. The molecule has 3 aromatic rings. The first kappa shape index (κ1) is 51.3. The normalized spacial score (nSPS) is 11.7. The lowest BCUT2D eigenvalue weighted by molar-refractivity contribution is 0.0749. The first-order valence-electron chi connectivity index (χ1n) is 25.0. The van der Waals surface area contributed by atoms with E-state index in [9.17, 15) is 18.3 Å². The van der Waals surface area contributed by atoms with Crippen LogP contribution in [0.4, 0.5) is 5.69 Å². The molecule has 0 aliphatic rings. The number of phenolic OH excluding ortho intramolecular Hbond substituents is 1.